The molecule has 2 heterocycles. The number of nitrogens with one attached hydrogen (secondary N) is 2. The Kier molecular flexibility index (Phi) is 3.53. The SMILES string of the molecule is Cn1c(=O)[nH]c(N)c(C(=S)NC(=O)c2ccco2)c1=O. The second-order valence-corrected chi connectivity index (χ2v) is 4.25. The summed E-state index contributed by atoms with van der Waals surface area (Å²) in [6.45, 7) is 0. The fourth-order valence-corrected chi connectivity index (χ4v) is 1.78. The van der Waals surface area contributed by atoms with Crippen molar-refractivity contribution in [2.45, 2.75) is 0 Å². The quantitative estimate of drug-likeness (QED) is 0.633. The van der Waals surface area contributed by atoms with Gasteiger partial charge in [0, 0.05) is 7.05 Å². The normalized spacial score (nSPS) is 10.2. The van der Waals surface area contributed by atoms with Gasteiger partial charge in [-0.1, -0.05) is 12.2 Å². The van der Waals surface area contributed by atoms with E-state index in [1.807, 2.05) is 0 Å². The lowest BCUT2D eigenvalue weighted by atomic mass is 10.3. The number of carbonyl (C=O) groups is 1. The van der Waals surface area contributed by atoms with Gasteiger partial charge in [-0.25, -0.2) is 4.79 Å². The molecule has 104 valence electrons. The van der Waals surface area contributed by atoms with E-state index in [1.165, 1.54) is 25.4 Å². The van der Waals surface area contributed by atoms with E-state index in [0.29, 0.717) is 0 Å². The topological polar surface area (TPSA) is 123 Å². The average Bonchev–Trinajstić information content (AvgIpc) is 2.90. The number of H-pyrrole nitrogens is 1. The van der Waals surface area contributed by atoms with Crippen LogP contribution in [0.2, 0.25) is 0 Å². The summed E-state index contributed by atoms with van der Waals surface area (Å²) in [6.07, 6.45) is 1.32. The van der Waals surface area contributed by atoms with Gasteiger partial charge >= 0.3 is 5.69 Å². The molecule has 0 aliphatic heterocycles. The summed E-state index contributed by atoms with van der Waals surface area (Å²) in [6, 6.07) is 2.97. The highest BCUT2D eigenvalue weighted by atomic mass is 32.1. The third-order valence-corrected chi connectivity index (χ3v) is 2.84. The van der Waals surface area contributed by atoms with Crippen molar-refractivity contribution in [3.8, 4) is 0 Å². The highest BCUT2D eigenvalue weighted by molar-refractivity contribution is 7.80. The van der Waals surface area contributed by atoms with Crippen molar-refractivity contribution in [1.29, 1.82) is 0 Å². The standard InChI is InChI=1S/C11H10N4O4S/c1-15-10(17)6(7(12)13-11(15)18)9(20)14-8(16)5-3-2-4-19-5/h2-4H,12H2,1H3,(H,13,18)(H,14,16,20). The van der Waals surface area contributed by atoms with E-state index in [-0.39, 0.29) is 22.1 Å². The number of hydrogen-bond acceptors (Lipinski definition) is 6. The Morgan fingerprint density at radius 1 is 1.50 bits per heavy atom. The Balaban J connectivity index is 2.36. The van der Waals surface area contributed by atoms with E-state index in [1.54, 1.807) is 0 Å². The van der Waals surface area contributed by atoms with Crippen LogP contribution in [0.1, 0.15) is 16.1 Å². The molecule has 2 rings (SSSR count). The zero-order valence-electron chi connectivity index (χ0n) is 10.3. The predicted octanol–water partition coefficient (Wildman–Crippen LogP) is -0.646. The van der Waals surface area contributed by atoms with Gasteiger partial charge in [0.25, 0.3) is 11.5 Å². The molecule has 0 saturated heterocycles. The molecule has 1 amide bonds. The van der Waals surface area contributed by atoms with Crippen molar-refractivity contribution < 1.29 is 9.21 Å². The van der Waals surface area contributed by atoms with Crippen LogP contribution in [0.25, 0.3) is 0 Å². The maximum absolute atomic E-state index is 11.9. The molecule has 0 aliphatic carbocycles. The summed E-state index contributed by atoms with van der Waals surface area (Å²) in [4.78, 5) is 37.1. The Labute approximate surface area is 117 Å². The molecule has 4 N–H and O–H groups in total. The zero-order valence-corrected chi connectivity index (χ0v) is 11.1. The van der Waals surface area contributed by atoms with E-state index in [0.717, 1.165) is 4.57 Å². The van der Waals surface area contributed by atoms with E-state index < -0.39 is 17.2 Å². The average molecular weight is 294 g/mol. The minimum atomic E-state index is -0.698. The van der Waals surface area contributed by atoms with Gasteiger partial charge in [-0.15, -0.1) is 0 Å². The highest BCUT2D eigenvalue weighted by Gasteiger charge is 2.18. The lowest BCUT2D eigenvalue weighted by Gasteiger charge is -2.08. The molecule has 8 nitrogen and oxygen atoms in total. The van der Waals surface area contributed by atoms with Gasteiger partial charge in [0.2, 0.25) is 0 Å². The number of aromatic nitrogens is 2. The molecule has 2 aromatic heterocycles. The second-order valence-electron chi connectivity index (χ2n) is 3.84. The summed E-state index contributed by atoms with van der Waals surface area (Å²) in [7, 11) is 1.26. The number of rotatable bonds is 2. The van der Waals surface area contributed by atoms with Gasteiger partial charge in [0.05, 0.1) is 6.26 Å². The first-order chi connectivity index (χ1) is 9.41. The molecule has 9 heteroatoms. The van der Waals surface area contributed by atoms with Crippen LogP contribution in [0.5, 0.6) is 0 Å². The van der Waals surface area contributed by atoms with Crippen molar-refractivity contribution in [1.82, 2.24) is 14.9 Å². The van der Waals surface area contributed by atoms with Crippen molar-refractivity contribution >= 4 is 28.9 Å². The number of amides is 1. The molecule has 0 fully saturated rings. The minimum absolute atomic E-state index is 0.0344. The molecule has 0 unspecified atom stereocenters. The first kappa shape index (κ1) is 13.7. The zero-order chi connectivity index (χ0) is 14.9. The Morgan fingerprint density at radius 2 is 2.20 bits per heavy atom. The van der Waals surface area contributed by atoms with Crippen LogP contribution >= 0.6 is 12.2 Å². The minimum Gasteiger partial charge on any atom is -0.459 e. The van der Waals surface area contributed by atoms with Gasteiger partial charge in [0.1, 0.15) is 16.4 Å². The molecule has 2 aromatic rings. The summed E-state index contributed by atoms with van der Waals surface area (Å²) in [5, 5.41) is 2.31. The molecule has 0 aliphatic rings. The van der Waals surface area contributed by atoms with Crippen LogP contribution in [0.15, 0.2) is 32.4 Å². The first-order valence-electron chi connectivity index (χ1n) is 5.39. The van der Waals surface area contributed by atoms with E-state index in [9.17, 15) is 14.4 Å². The summed E-state index contributed by atoms with van der Waals surface area (Å²) >= 11 is 4.96. The number of anilines is 1. The fourth-order valence-electron chi connectivity index (χ4n) is 1.49. The van der Waals surface area contributed by atoms with Crippen molar-refractivity contribution in [3.05, 3.63) is 50.6 Å². The molecule has 0 aromatic carbocycles. The number of nitrogens with two attached hydrogens (primary N) is 1. The summed E-state index contributed by atoms with van der Waals surface area (Å²) in [5.41, 5.74) is 4.04. The van der Waals surface area contributed by atoms with Crippen molar-refractivity contribution in [2.75, 3.05) is 5.73 Å². The van der Waals surface area contributed by atoms with E-state index in [2.05, 4.69) is 10.3 Å². The van der Waals surface area contributed by atoms with E-state index >= 15 is 0 Å². The second kappa shape index (κ2) is 5.13. The van der Waals surface area contributed by atoms with E-state index in [4.69, 9.17) is 22.4 Å². The number of hydrogen-bond donors (Lipinski definition) is 3. The third kappa shape index (κ3) is 2.38. The smallest absolute Gasteiger partial charge is 0.329 e. The van der Waals surface area contributed by atoms with Crippen LogP contribution in [-0.4, -0.2) is 20.4 Å². The van der Waals surface area contributed by atoms with Gasteiger partial charge in [-0.3, -0.25) is 19.1 Å². The largest absolute Gasteiger partial charge is 0.459 e. The first-order valence-corrected chi connectivity index (χ1v) is 5.80. The number of carbonyl (C=O) groups excluding carboxylic acids is 1. The van der Waals surface area contributed by atoms with Gasteiger partial charge in [0.15, 0.2) is 5.76 Å². The molecule has 0 saturated carbocycles. The summed E-state index contributed by atoms with van der Waals surface area (Å²) in [5.74, 6) is -0.789. The van der Waals surface area contributed by atoms with Gasteiger partial charge in [-0.05, 0) is 12.1 Å². The number of aromatic amines is 1. The third-order valence-electron chi connectivity index (χ3n) is 2.53. The van der Waals surface area contributed by atoms with Crippen LogP contribution < -0.4 is 22.3 Å². The fraction of sp³-hybridized carbons (Fsp3) is 0.0909. The molecule has 20 heavy (non-hydrogen) atoms. The number of nitrogen functional groups attached to an aromatic ring is 1. The van der Waals surface area contributed by atoms with Crippen LogP contribution in [0.4, 0.5) is 5.82 Å². The van der Waals surface area contributed by atoms with Crippen LogP contribution in [-0.2, 0) is 7.05 Å². The molecule has 0 bridgehead atoms. The Morgan fingerprint density at radius 3 is 2.80 bits per heavy atom. The van der Waals surface area contributed by atoms with Crippen LogP contribution in [0, 0.1) is 0 Å². The molecular formula is C11H10N4O4S. The van der Waals surface area contributed by atoms with Gasteiger partial charge in [-0.2, -0.15) is 0 Å². The highest BCUT2D eigenvalue weighted by Crippen LogP contribution is 2.03. The Hall–Kier alpha value is -2.68. The predicted molar refractivity (Wildman–Crippen MR) is 74.6 cm³/mol. The number of nitrogens with zero attached hydrogens (tertiary/aromatic N) is 1. The molecular weight excluding hydrogens is 284 g/mol. The number of furan rings is 1. The van der Waals surface area contributed by atoms with Crippen molar-refractivity contribution in [2.24, 2.45) is 7.05 Å². The molecule has 0 radical (unpaired) electrons. The Bertz CT molecular complexity index is 788. The molecule has 0 spiro atoms. The maximum Gasteiger partial charge on any atom is 0.329 e. The monoisotopic (exact) mass is 294 g/mol. The number of thiocarbonyl (C=S) groups is 1. The summed E-state index contributed by atoms with van der Waals surface area (Å²) < 4.78 is 5.69. The van der Waals surface area contributed by atoms with Crippen molar-refractivity contribution in [3.63, 3.8) is 0 Å². The van der Waals surface area contributed by atoms with Crippen LogP contribution in [0.3, 0.4) is 0 Å². The lowest BCUT2D eigenvalue weighted by Crippen LogP contribution is -2.41. The maximum atomic E-state index is 11.9. The lowest BCUT2D eigenvalue weighted by molar-refractivity contribution is 0.0951. The van der Waals surface area contributed by atoms with Gasteiger partial charge < -0.3 is 15.5 Å². The molecule has 0 atom stereocenters.